The van der Waals surface area contributed by atoms with Gasteiger partial charge in [0.15, 0.2) is 0 Å². The van der Waals surface area contributed by atoms with Crippen LogP contribution >= 0.6 is 0 Å². The molecule has 0 aromatic carbocycles. The molecular weight excluding hydrogens is 178 g/mol. The summed E-state index contributed by atoms with van der Waals surface area (Å²) in [6, 6.07) is 2.12. The summed E-state index contributed by atoms with van der Waals surface area (Å²) in [5.74, 6) is 0.157. The summed E-state index contributed by atoms with van der Waals surface area (Å²) in [6.07, 6.45) is 2.41. The monoisotopic (exact) mass is 193 g/mol. The van der Waals surface area contributed by atoms with Crippen LogP contribution in [-0.4, -0.2) is 15.7 Å². The van der Waals surface area contributed by atoms with E-state index >= 15 is 0 Å². The van der Waals surface area contributed by atoms with Gasteiger partial charge in [0.1, 0.15) is 5.69 Å². The molecule has 0 unspecified atom stereocenters. The summed E-state index contributed by atoms with van der Waals surface area (Å²) in [7, 11) is 0. The zero-order chi connectivity index (χ0) is 10.3. The number of hydrogen-bond donors (Lipinski definition) is 1. The molecule has 4 heteroatoms. The molecule has 1 fully saturated rings. The van der Waals surface area contributed by atoms with Crippen LogP contribution in [0.25, 0.3) is 0 Å². The van der Waals surface area contributed by atoms with E-state index in [-0.39, 0.29) is 0 Å². The van der Waals surface area contributed by atoms with Gasteiger partial charge in [0.05, 0.1) is 0 Å². The smallest absolute Gasteiger partial charge is 0.269 e. The first-order chi connectivity index (χ1) is 6.59. The Morgan fingerprint density at radius 1 is 1.64 bits per heavy atom. The lowest BCUT2D eigenvalue weighted by atomic mass is 10.2. The highest BCUT2D eigenvalue weighted by Crippen LogP contribution is 2.41. The number of aromatic nitrogens is 2. The molecule has 1 aromatic heterocycles. The molecule has 1 heterocycles. The summed E-state index contributed by atoms with van der Waals surface area (Å²) < 4.78 is 1.91. The number of carbonyl (C=O) groups is 1. The Kier molecular flexibility index (Phi) is 2.06. The summed E-state index contributed by atoms with van der Waals surface area (Å²) in [4.78, 5) is 11.0. The maximum Gasteiger partial charge on any atom is 0.269 e. The van der Waals surface area contributed by atoms with Crippen molar-refractivity contribution in [2.24, 2.45) is 5.73 Å². The second kappa shape index (κ2) is 3.12. The van der Waals surface area contributed by atoms with Crippen molar-refractivity contribution in [3.63, 3.8) is 0 Å². The van der Waals surface area contributed by atoms with Gasteiger partial charge in [-0.15, -0.1) is 0 Å². The van der Waals surface area contributed by atoms with E-state index in [4.69, 9.17) is 5.73 Å². The van der Waals surface area contributed by atoms with Crippen LogP contribution in [0.1, 0.15) is 54.8 Å². The minimum absolute atomic E-state index is 0.290. The van der Waals surface area contributed by atoms with Crippen molar-refractivity contribution >= 4 is 5.91 Å². The predicted octanol–water partition coefficient (Wildman–Crippen LogP) is 1.44. The Morgan fingerprint density at radius 3 is 2.71 bits per heavy atom. The predicted molar refractivity (Wildman–Crippen MR) is 53.1 cm³/mol. The first-order valence-corrected chi connectivity index (χ1v) is 4.99. The van der Waals surface area contributed by atoms with E-state index < -0.39 is 5.91 Å². The van der Waals surface area contributed by atoms with Crippen LogP contribution in [0.4, 0.5) is 0 Å². The molecule has 4 nitrogen and oxygen atoms in total. The summed E-state index contributed by atoms with van der Waals surface area (Å²) in [6.45, 7) is 4.12. The van der Waals surface area contributed by atoms with Crippen molar-refractivity contribution in [2.45, 2.75) is 38.6 Å². The zero-order valence-corrected chi connectivity index (χ0v) is 8.53. The van der Waals surface area contributed by atoms with Crippen LogP contribution in [-0.2, 0) is 0 Å². The quantitative estimate of drug-likeness (QED) is 0.789. The lowest BCUT2D eigenvalue weighted by molar-refractivity contribution is 0.0994. The van der Waals surface area contributed by atoms with E-state index in [1.807, 2.05) is 10.7 Å². The standard InChI is InChI=1S/C10H15N3O/c1-6(2)13-9(7-3-4-7)5-8(12-13)10(11)14/h5-7H,3-4H2,1-2H3,(H2,11,14). The van der Waals surface area contributed by atoms with Gasteiger partial charge in [0, 0.05) is 17.7 Å². The molecule has 1 saturated carbocycles. The van der Waals surface area contributed by atoms with Gasteiger partial charge in [-0.25, -0.2) is 0 Å². The Labute approximate surface area is 83.1 Å². The van der Waals surface area contributed by atoms with Crippen LogP contribution in [0.5, 0.6) is 0 Å². The molecular formula is C10H15N3O. The number of carbonyl (C=O) groups excluding carboxylic acids is 1. The maximum atomic E-state index is 11.0. The molecule has 0 spiro atoms. The minimum atomic E-state index is -0.439. The van der Waals surface area contributed by atoms with E-state index in [1.165, 1.54) is 12.8 Å². The van der Waals surface area contributed by atoms with Gasteiger partial charge in [0.25, 0.3) is 5.91 Å². The third-order valence-electron chi connectivity index (χ3n) is 2.50. The second-order valence-electron chi connectivity index (χ2n) is 4.13. The molecule has 1 amide bonds. The molecule has 1 aliphatic carbocycles. The van der Waals surface area contributed by atoms with E-state index in [9.17, 15) is 4.79 Å². The van der Waals surface area contributed by atoms with Gasteiger partial charge in [-0.2, -0.15) is 5.10 Å². The maximum absolute atomic E-state index is 11.0. The molecule has 76 valence electrons. The Bertz CT molecular complexity index is 344. The molecule has 0 aliphatic heterocycles. The van der Waals surface area contributed by atoms with E-state index in [0.717, 1.165) is 5.69 Å². The third kappa shape index (κ3) is 1.52. The fraction of sp³-hybridized carbons (Fsp3) is 0.600. The number of nitrogens with two attached hydrogens (primary N) is 1. The molecule has 0 radical (unpaired) electrons. The average Bonchev–Trinajstić information content (AvgIpc) is 2.83. The van der Waals surface area contributed by atoms with Crippen molar-refractivity contribution < 1.29 is 4.79 Å². The van der Waals surface area contributed by atoms with Crippen LogP contribution < -0.4 is 5.73 Å². The largest absolute Gasteiger partial charge is 0.364 e. The highest BCUT2D eigenvalue weighted by molar-refractivity contribution is 5.90. The van der Waals surface area contributed by atoms with Crippen molar-refractivity contribution in [3.8, 4) is 0 Å². The van der Waals surface area contributed by atoms with Gasteiger partial charge in [-0.05, 0) is 32.8 Å². The molecule has 0 atom stereocenters. The second-order valence-corrected chi connectivity index (χ2v) is 4.13. The average molecular weight is 193 g/mol. The molecule has 1 aliphatic rings. The third-order valence-corrected chi connectivity index (χ3v) is 2.50. The summed E-state index contributed by atoms with van der Waals surface area (Å²) in [5.41, 5.74) is 6.75. The number of primary amides is 1. The van der Waals surface area contributed by atoms with E-state index in [1.54, 1.807) is 0 Å². The van der Waals surface area contributed by atoms with Crippen molar-refractivity contribution in [3.05, 3.63) is 17.5 Å². The summed E-state index contributed by atoms with van der Waals surface area (Å²) in [5, 5.41) is 4.21. The lowest BCUT2D eigenvalue weighted by Crippen LogP contribution is -2.13. The van der Waals surface area contributed by atoms with Crippen LogP contribution in [0.15, 0.2) is 6.07 Å². The van der Waals surface area contributed by atoms with Crippen molar-refractivity contribution in [2.75, 3.05) is 0 Å². The van der Waals surface area contributed by atoms with Gasteiger partial charge >= 0.3 is 0 Å². The molecule has 2 rings (SSSR count). The lowest BCUT2D eigenvalue weighted by Gasteiger charge is -2.09. The first-order valence-electron chi connectivity index (χ1n) is 4.99. The number of hydrogen-bond acceptors (Lipinski definition) is 2. The number of rotatable bonds is 3. The minimum Gasteiger partial charge on any atom is -0.364 e. The van der Waals surface area contributed by atoms with Crippen molar-refractivity contribution in [1.29, 1.82) is 0 Å². The van der Waals surface area contributed by atoms with Crippen LogP contribution in [0.2, 0.25) is 0 Å². The molecule has 1 aromatic rings. The molecule has 2 N–H and O–H groups in total. The highest BCUT2D eigenvalue weighted by Gasteiger charge is 2.29. The fourth-order valence-electron chi connectivity index (χ4n) is 1.63. The van der Waals surface area contributed by atoms with Gasteiger partial charge in [-0.1, -0.05) is 0 Å². The number of amides is 1. The first kappa shape index (κ1) is 9.24. The topological polar surface area (TPSA) is 60.9 Å². The van der Waals surface area contributed by atoms with Gasteiger partial charge in [-0.3, -0.25) is 9.48 Å². The fourth-order valence-corrected chi connectivity index (χ4v) is 1.63. The molecule has 14 heavy (non-hydrogen) atoms. The Morgan fingerprint density at radius 2 is 2.29 bits per heavy atom. The van der Waals surface area contributed by atoms with Crippen LogP contribution in [0.3, 0.4) is 0 Å². The molecule has 0 bridgehead atoms. The molecule has 0 saturated heterocycles. The van der Waals surface area contributed by atoms with Gasteiger partial charge < -0.3 is 5.73 Å². The Hall–Kier alpha value is -1.32. The zero-order valence-electron chi connectivity index (χ0n) is 8.53. The summed E-state index contributed by atoms with van der Waals surface area (Å²) >= 11 is 0. The SMILES string of the molecule is CC(C)n1nc(C(N)=O)cc1C1CC1. The van der Waals surface area contributed by atoms with Crippen LogP contribution in [0, 0.1) is 0 Å². The normalized spacial score (nSPS) is 16.2. The van der Waals surface area contributed by atoms with E-state index in [2.05, 4.69) is 18.9 Å². The van der Waals surface area contributed by atoms with E-state index in [0.29, 0.717) is 17.7 Å². The highest BCUT2D eigenvalue weighted by atomic mass is 16.1. The van der Waals surface area contributed by atoms with Crippen molar-refractivity contribution in [1.82, 2.24) is 9.78 Å². The Balaban J connectivity index is 2.40. The van der Waals surface area contributed by atoms with Gasteiger partial charge in [0.2, 0.25) is 0 Å². The number of nitrogens with zero attached hydrogens (tertiary/aromatic N) is 2.